The van der Waals surface area contributed by atoms with Gasteiger partial charge in [-0.15, -0.1) is 0 Å². The smallest absolute Gasteiger partial charge is 0.251 e. The van der Waals surface area contributed by atoms with Crippen molar-refractivity contribution >= 4 is 27.5 Å². The van der Waals surface area contributed by atoms with Gasteiger partial charge < -0.3 is 5.32 Å². The summed E-state index contributed by atoms with van der Waals surface area (Å²) in [7, 11) is -3.67. The van der Waals surface area contributed by atoms with Crippen molar-refractivity contribution in [3.8, 4) is 0 Å². The van der Waals surface area contributed by atoms with Crippen LogP contribution in [0.1, 0.15) is 22.8 Å². The Hall–Kier alpha value is -2.74. The molecule has 1 N–H and O–H groups in total. The third-order valence-corrected chi connectivity index (χ3v) is 6.23. The van der Waals surface area contributed by atoms with E-state index in [0.717, 1.165) is 4.31 Å². The third kappa shape index (κ3) is 4.00. The fraction of sp³-hybridized carbons (Fsp3) is 0.263. The second-order valence-corrected chi connectivity index (χ2v) is 8.29. The SMILES string of the molecule is C[C@H]1CS(=O)(=O)N(c2ccc(C(=O)NCCc3ccccc3F)cc2)C1=O. The summed E-state index contributed by atoms with van der Waals surface area (Å²) in [4.78, 5) is 24.3. The van der Waals surface area contributed by atoms with E-state index in [1.807, 2.05) is 0 Å². The van der Waals surface area contributed by atoms with Gasteiger partial charge in [-0.05, 0) is 42.3 Å². The molecule has 8 heteroatoms. The molecule has 0 aliphatic carbocycles. The highest BCUT2D eigenvalue weighted by Gasteiger charge is 2.41. The molecule has 1 fully saturated rings. The highest BCUT2D eigenvalue weighted by atomic mass is 32.2. The maximum absolute atomic E-state index is 13.6. The van der Waals surface area contributed by atoms with Gasteiger partial charge in [0.25, 0.3) is 5.91 Å². The summed E-state index contributed by atoms with van der Waals surface area (Å²) in [6, 6.07) is 12.1. The molecule has 1 saturated heterocycles. The monoisotopic (exact) mass is 390 g/mol. The van der Waals surface area contributed by atoms with Crippen LogP contribution >= 0.6 is 0 Å². The van der Waals surface area contributed by atoms with E-state index in [0.29, 0.717) is 17.5 Å². The van der Waals surface area contributed by atoms with Crippen LogP contribution in [0.4, 0.5) is 10.1 Å². The molecule has 1 heterocycles. The molecule has 2 aromatic carbocycles. The molecule has 1 atom stereocenters. The normalized spacial score (nSPS) is 18.5. The van der Waals surface area contributed by atoms with Crippen molar-refractivity contribution in [1.29, 1.82) is 0 Å². The van der Waals surface area contributed by atoms with E-state index in [1.165, 1.54) is 30.3 Å². The third-order valence-electron chi connectivity index (χ3n) is 4.36. The van der Waals surface area contributed by atoms with Crippen molar-refractivity contribution in [3.63, 3.8) is 0 Å². The van der Waals surface area contributed by atoms with Gasteiger partial charge in [0, 0.05) is 12.1 Å². The lowest BCUT2D eigenvalue weighted by Crippen LogP contribution is -2.30. The van der Waals surface area contributed by atoms with Crippen LogP contribution in [-0.2, 0) is 21.2 Å². The summed E-state index contributed by atoms with van der Waals surface area (Å²) in [6.45, 7) is 1.83. The molecule has 2 amide bonds. The number of carbonyl (C=O) groups excluding carboxylic acids is 2. The number of amides is 2. The molecule has 1 aliphatic rings. The number of benzene rings is 2. The molecular formula is C19H19FN2O4S. The number of nitrogens with zero attached hydrogens (tertiary/aromatic N) is 1. The van der Waals surface area contributed by atoms with Crippen LogP contribution in [0.5, 0.6) is 0 Å². The Morgan fingerprint density at radius 1 is 1.19 bits per heavy atom. The van der Waals surface area contributed by atoms with Crippen LogP contribution in [0.3, 0.4) is 0 Å². The average molecular weight is 390 g/mol. The van der Waals surface area contributed by atoms with Gasteiger partial charge in [0.2, 0.25) is 15.9 Å². The number of rotatable bonds is 5. The number of nitrogens with one attached hydrogen (secondary N) is 1. The quantitative estimate of drug-likeness (QED) is 0.848. The Bertz CT molecular complexity index is 973. The summed E-state index contributed by atoms with van der Waals surface area (Å²) < 4.78 is 38.5. The molecule has 3 rings (SSSR count). The van der Waals surface area contributed by atoms with Crippen molar-refractivity contribution in [3.05, 3.63) is 65.5 Å². The number of hydrogen-bond acceptors (Lipinski definition) is 4. The predicted octanol–water partition coefficient (Wildman–Crippen LogP) is 2.11. The number of carbonyl (C=O) groups is 2. The zero-order valence-electron chi connectivity index (χ0n) is 14.7. The van der Waals surface area contributed by atoms with Gasteiger partial charge in [0.05, 0.1) is 17.4 Å². The molecule has 0 unspecified atom stereocenters. The second kappa shape index (κ2) is 7.48. The number of halogens is 1. The average Bonchev–Trinajstić information content (AvgIpc) is 2.84. The van der Waals surface area contributed by atoms with Crippen molar-refractivity contribution in [1.82, 2.24) is 5.32 Å². The maximum Gasteiger partial charge on any atom is 0.251 e. The Balaban J connectivity index is 1.64. The molecule has 0 bridgehead atoms. The summed E-state index contributed by atoms with van der Waals surface area (Å²) in [5, 5.41) is 2.69. The first-order valence-corrected chi connectivity index (χ1v) is 10.1. The highest BCUT2D eigenvalue weighted by molar-refractivity contribution is 7.94. The minimum Gasteiger partial charge on any atom is -0.352 e. The largest absolute Gasteiger partial charge is 0.352 e. The van der Waals surface area contributed by atoms with Gasteiger partial charge in [-0.25, -0.2) is 17.1 Å². The zero-order valence-corrected chi connectivity index (χ0v) is 15.5. The second-order valence-electron chi connectivity index (χ2n) is 6.43. The fourth-order valence-corrected chi connectivity index (χ4v) is 4.77. The zero-order chi connectivity index (χ0) is 19.6. The van der Waals surface area contributed by atoms with E-state index in [2.05, 4.69) is 5.32 Å². The summed E-state index contributed by atoms with van der Waals surface area (Å²) >= 11 is 0. The van der Waals surface area contributed by atoms with Gasteiger partial charge >= 0.3 is 0 Å². The number of hydrogen-bond donors (Lipinski definition) is 1. The molecule has 142 valence electrons. The Morgan fingerprint density at radius 3 is 2.44 bits per heavy atom. The highest BCUT2D eigenvalue weighted by Crippen LogP contribution is 2.28. The van der Waals surface area contributed by atoms with Crippen molar-refractivity contribution in [2.45, 2.75) is 13.3 Å². The molecule has 1 aliphatic heterocycles. The maximum atomic E-state index is 13.6. The van der Waals surface area contributed by atoms with Crippen LogP contribution < -0.4 is 9.62 Å². The predicted molar refractivity (Wildman–Crippen MR) is 99.3 cm³/mol. The first-order chi connectivity index (χ1) is 12.8. The standard InChI is InChI=1S/C19H19FN2O4S/c1-13-12-27(25,26)22(19(13)24)16-8-6-15(7-9-16)18(23)21-11-10-14-4-2-3-5-17(14)20/h2-9,13H,10-12H2,1H3,(H,21,23)/t13-/m0/s1. The molecular weight excluding hydrogens is 371 g/mol. The first-order valence-electron chi connectivity index (χ1n) is 8.48. The van der Waals surface area contributed by atoms with Gasteiger partial charge in [0.1, 0.15) is 5.82 Å². The van der Waals surface area contributed by atoms with E-state index >= 15 is 0 Å². The van der Waals surface area contributed by atoms with Crippen LogP contribution in [0.25, 0.3) is 0 Å². The lowest BCUT2D eigenvalue weighted by atomic mass is 10.1. The van der Waals surface area contributed by atoms with E-state index in [1.54, 1.807) is 25.1 Å². The fourth-order valence-electron chi connectivity index (χ4n) is 2.95. The molecule has 0 radical (unpaired) electrons. The summed E-state index contributed by atoms with van der Waals surface area (Å²) in [5.41, 5.74) is 1.05. The Morgan fingerprint density at radius 2 is 1.85 bits per heavy atom. The van der Waals surface area contributed by atoms with Gasteiger partial charge in [-0.3, -0.25) is 9.59 Å². The van der Waals surface area contributed by atoms with Gasteiger partial charge in [0.15, 0.2) is 0 Å². The van der Waals surface area contributed by atoms with E-state index in [9.17, 15) is 22.4 Å². The van der Waals surface area contributed by atoms with Crippen LogP contribution in [0.15, 0.2) is 48.5 Å². The minimum absolute atomic E-state index is 0.215. The van der Waals surface area contributed by atoms with Crippen LogP contribution in [0, 0.1) is 11.7 Å². The van der Waals surface area contributed by atoms with E-state index in [-0.39, 0.29) is 29.7 Å². The van der Waals surface area contributed by atoms with Crippen LogP contribution in [-0.4, -0.2) is 32.5 Å². The first kappa shape index (κ1) is 19.0. The van der Waals surface area contributed by atoms with Crippen molar-refractivity contribution < 1.29 is 22.4 Å². The van der Waals surface area contributed by atoms with E-state index < -0.39 is 21.8 Å². The molecule has 27 heavy (non-hydrogen) atoms. The molecule has 6 nitrogen and oxygen atoms in total. The van der Waals surface area contributed by atoms with Gasteiger partial charge in [-0.1, -0.05) is 25.1 Å². The Kier molecular flexibility index (Phi) is 5.27. The minimum atomic E-state index is -3.67. The van der Waals surface area contributed by atoms with Crippen molar-refractivity contribution in [2.75, 3.05) is 16.6 Å². The molecule has 0 saturated carbocycles. The number of anilines is 1. The number of sulfonamides is 1. The van der Waals surface area contributed by atoms with Crippen molar-refractivity contribution in [2.24, 2.45) is 5.92 Å². The lowest BCUT2D eigenvalue weighted by molar-refractivity contribution is -0.119. The molecule has 0 aromatic heterocycles. The van der Waals surface area contributed by atoms with E-state index in [4.69, 9.17) is 0 Å². The lowest BCUT2D eigenvalue weighted by Gasteiger charge is -2.15. The Labute approximate surface area is 157 Å². The van der Waals surface area contributed by atoms with Crippen LogP contribution in [0.2, 0.25) is 0 Å². The molecule has 2 aromatic rings. The summed E-state index contributed by atoms with van der Waals surface area (Å²) in [6.07, 6.45) is 0.356. The van der Waals surface area contributed by atoms with Gasteiger partial charge in [-0.2, -0.15) is 0 Å². The molecule has 0 spiro atoms. The topological polar surface area (TPSA) is 83.6 Å². The summed E-state index contributed by atoms with van der Waals surface area (Å²) in [5.74, 6) is -1.96.